The van der Waals surface area contributed by atoms with Crippen LogP contribution in [0.2, 0.25) is 0 Å². The Bertz CT molecular complexity index is 2130. The zero-order chi connectivity index (χ0) is 29.5. The van der Waals surface area contributed by atoms with Crippen molar-refractivity contribution in [3.8, 4) is 11.1 Å². The van der Waals surface area contributed by atoms with Crippen LogP contribution in [-0.2, 0) is 5.41 Å². The third kappa shape index (κ3) is 4.40. The molecule has 3 heteroatoms. The molecule has 2 atom stereocenters. The lowest BCUT2D eigenvalue weighted by atomic mass is 9.85. The second-order valence-electron chi connectivity index (χ2n) is 11.9. The van der Waals surface area contributed by atoms with Gasteiger partial charge in [-0.1, -0.05) is 122 Å². The summed E-state index contributed by atoms with van der Waals surface area (Å²) in [6.45, 7) is 2.35. The van der Waals surface area contributed by atoms with Crippen molar-refractivity contribution in [1.82, 2.24) is 4.57 Å². The third-order valence-electron chi connectivity index (χ3n) is 9.28. The number of rotatable bonds is 7. The van der Waals surface area contributed by atoms with Gasteiger partial charge in [-0.05, 0) is 65.4 Å². The Labute approximate surface area is 258 Å². The molecule has 6 aromatic carbocycles. The Kier molecular flexibility index (Phi) is 6.38. The Hall–Kier alpha value is -5.41. The summed E-state index contributed by atoms with van der Waals surface area (Å²) in [7, 11) is 0. The van der Waals surface area contributed by atoms with Crippen molar-refractivity contribution in [2.45, 2.75) is 18.8 Å². The van der Waals surface area contributed by atoms with Gasteiger partial charge >= 0.3 is 0 Å². The SMILES string of the molecule is CC1CC1(c1ccccc1)c1ccccc1/N=C/n1c2ccccc2c2cc(-c3ccccc3)c(Nc3ccccc3)cc21. The smallest absolute Gasteiger partial charge is 0.100 e. The van der Waals surface area contributed by atoms with Crippen LogP contribution in [0, 0.1) is 5.92 Å². The first kappa shape index (κ1) is 26.2. The van der Waals surface area contributed by atoms with Gasteiger partial charge in [-0.3, -0.25) is 4.57 Å². The molecule has 1 N–H and O–H groups in total. The van der Waals surface area contributed by atoms with E-state index in [-0.39, 0.29) is 5.41 Å². The first-order chi connectivity index (χ1) is 21.7. The molecule has 8 rings (SSSR count). The highest BCUT2D eigenvalue weighted by Gasteiger charge is 2.54. The van der Waals surface area contributed by atoms with Crippen molar-refractivity contribution in [1.29, 1.82) is 0 Å². The third-order valence-corrected chi connectivity index (χ3v) is 9.28. The highest BCUT2D eigenvalue weighted by molar-refractivity contribution is 6.14. The van der Waals surface area contributed by atoms with Crippen LogP contribution in [0.5, 0.6) is 0 Å². The van der Waals surface area contributed by atoms with Gasteiger partial charge in [0.25, 0.3) is 0 Å². The van der Waals surface area contributed by atoms with Crippen LogP contribution >= 0.6 is 0 Å². The monoisotopic (exact) mass is 567 g/mol. The Morgan fingerprint density at radius 1 is 0.682 bits per heavy atom. The number of nitrogens with one attached hydrogen (secondary N) is 1. The van der Waals surface area contributed by atoms with Crippen LogP contribution in [0.25, 0.3) is 32.9 Å². The number of aliphatic imine (C=N–C) groups is 1. The van der Waals surface area contributed by atoms with Crippen molar-refractivity contribution >= 4 is 45.2 Å². The molecule has 212 valence electrons. The molecule has 1 aliphatic carbocycles. The summed E-state index contributed by atoms with van der Waals surface area (Å²) in [4.78, 5) is 5.23. The van der Waals surface area contributed by atoms with E-state index in [0.29, 0.717) is 5.92 Å². The summed E-state index contributed by atoms with van der Waals surface area (Å²) in [6.07, 6.45) is 3.15. The Morgan fingerprint density at radius 2 is 1.32 bits per heavy atom. The van der Waals surface area contributed by atoms with E-state index in [9.17, 15) is 0 Å². The quantitative estimate of drug-likeness (QED) is 0.151. The van der Waals surface area contributed by atoms with Gasteiger partial charge in [0.2, 0.25) is 0 Å². The van der Waals surface area contributed by atoms with E-state index in [0.717, 1.165) is 34.5 Å². The fraction of sp³-hybridized carbons (Fsp3) is 0.0976. The van der Waals surface area contributed by atoms with Crippen LogP contribution in [0.3, 0.4) is 0 Å². The highest BCUT2D eigenvalue weighted by atomic mass is 15.0. The standard InChI is InChI=1S/C41H33N3/c1-29-27-41(29,31-17-7-3-8-18-31)36-22-12-13-23-37(36)42-28-44-39-24-14-11-21-33(39)35-25-34(30-15-5-2-6-16-30)38(26-40(35)44)43-32-19-9-4-10-20-32/h2-26,28-29,43H,27H2,1H3/b42-28+. The lowest BCUT2D eigenvalue weighted by Crippen LogP contribution is -2.11. The first-order valence-corrected chi connectivity index (χ1v) is 15.4. The summed E-state index contributed by atoms with van der Waals surface area (Å²) in [6, 6.07) is 53.8. The van der Waals surface area contributed by atoms with Gasteiger partial charge in [0.1, 0.15) is 6.34 Å². The lowest BCUT2D eigenvalue weighted by Gasteiger charge is -2.20. The summed E-state index contributed by atoms with van der Waals surface area (Å²) in [5, 5.41) is 6.12. The van der Waals surface area contributed by atoms with Gasteiger partial charge in [0.15, 0.2) is 0 Å². The molecule has 1 fully saturated rings. The average Bonchev–Trinajstić information content (AvgIpc) is 3.68. The highest BCUT2D eigenvalue weighted by Crippen LogP contribution is 2.60. The number of fused-ring (bicyclic) bond motifs is 3. The molecule has 1 aromatic heterocycles. The molecular formula is C41H33N3. The van der Waals surface area contributed by atoms with Crippen LogP contribution in [-0.4, -0.2) is 10.9 Å². The normalized spacial score (nSPS) is 17.8. The Balaban J connectivity index is 1.30. The van der Waals surface area contributed by atoms with E-state index in [1.165, 1.54) is 33.0 Å². The molecule has 0 radical (unpaired) electrons. The summed E-state index contributed by atoms with van der Waals surface area (Å²) >= 11 is 0. The van der Waals surface area contributed by atoms with Crippen LogP contribution in [0.1, 0.15) is 24.5 Å². The first-order valence-electron chi connectivity index (χ1n) is 15.4. The Morgan fingerprint density at radius 3 is 2.07 bits per heavy atom. The molecule has 44 heavy (non-hydrogen) atoms. The van der Waals surface area contributed by atoms with E-state index >= 15 is 0 Å². The van der Waals surface area contributed by atoms with E-state index < -0.39 is 0 Å². The van der Waals surface area contributed by atoms with E-state index in [2.05, 4.69) is 162 Å². The number of anilines is 2. The van der Waals surface area contributed by atoms with Gasteiger partial charge in [-0.15, -0.1) is 0 Å². The lowest BCUT2D eigenvalue weighted by molar-refractivity contribution is 0.750. The second-order valence-corrected chi connectivity index (χ2v) is 11.9. The van der Waals surface area contributed by atoms with Crippen molar-refractivity contribution in [3.63, 3.8) is 0 Å². The van der Waals surface area contributed by atoms with Gasteiger partial charge in [-0.2, -0.15) is 0 Å². The molecule has 7 aromatic rings. The fourth-order valence-electron chi connectivity index (χ4n) is 6.98. The molecule has 1 heterocycles. The van der Waals surface area contributed by atoms with Gasteiger partial charge in [0.05, 0.1) is 16.7 Å². The molecule has 1 aliphatic rings. The number of para-hydroxylation sites is 3. The maximum Gasteiger partial charge on any atom is 0.100 e. The van der Waals surface area contributed by atoms with Crippen molar-refractivity contribution in [2.24, 2.45) is 10.9 Å². The molecule has 0 spiro atoms. The van der Waals surface area contributed by atoms with Crippen LogP contribution in [0.4, 0.5) is 17.1 Å². The zero-order valence-corrected chi connectivity index (χ0v) is 24.7. The summed E-state index contributed by atoms with van der Waals surface area (Å²) in [5.74, 6) is 0.567. The van der Waals surface area contributed by atoms with Gasteiger partial charge in [0, 0.05) is 33.1 Å². The molecule has 0 saturated heterocycles. The predicted molar refractivity (Wildman–Crippen MR) is 186 cm³/mol. The number of benzene rings is 6. The number of nitrogens with zero attached hydrogens (tertiary/aromatic N) is 2. The summed E-state index contributed by atoms with van der Waals surface area (Å²) < 4.78 is 2.25. The van der Waals surface area contributed by atoms with Crippen molar-refractivity contribution in [3.05, 3.63) is 163 Å². The molecule has 0 amide bonds. The maximum absolute atomic E-state index is 5.23. The molecule has 1 saturated carbocycles. The molecular weight excluding hydrogens is 534 g/mol. The fourth-order valence-corrected chi connectivity index (χ4v) is 6.98. The van der Waals surface area contributed by atoms with Crippen molar-refractivity contribution < 1.29 is 0 Å². The molecule has 3 nitrogen and oxygen atoms in total. The minimum absolute atomic E-state index is 0.00732. The molecule has 2 unspecified atom stereocenters. The van der Waals surface area contributed by atoms with Crippen LogP contribution in [0.15, 0.2) is 157 Å². The topological polar surface area (TPSA) is 29.3 Å². The van der Waals surface area contributed by atoms with Crippen molar-refractivity contribution in [2.75, 3.05) is 5.32 Å². The minimum Gasteiger partial charge on any atom is -0.355 e. The van der Waals surface area contributed by atoms with E-state index in [1.807, 2.05) is 12.4 Å². The average molecular weight is 568 g/mol. The van der Waals surface area contributed by atoms with Gasteiger partial charge < -0.3 is 5.32 Å². The minimum atomic E-state index is 0.00732. The maximum atomic E-state index is 5.23. The largest absolute Gasteiger partial charge is 0.355 e. The molecule has 0 aliphatic heterocycles. The van der Waals surface area contributed by atoms with Gasteiger partial charge in [-0.25, -0.2) is 4.99 Å². The number of aromatic nitrogens is 1. The second kappa shape index (κ2) is 10.7. The van der Waals surface area contributed by atoms with E-state index in [1.54, 1.807) is 0 Å². The molecule has 0 bridgehead atoms. The summed E-state index contributed by atoms with van der Waals surface area (Å²) in [5.41, 5.74) is 10.4. The number of hydrogen-bond acceptors (Lipinski definition) is 2. The van der Waals surface area contributed by atoms with Crippen LogP contribution < -0.4 is 5.32 Å². The van der Waals surface area contributed by atoms with E-state index in [4.69, 9.17) is 4.99 Å². The number of hydrogen-bond donors (Lipinski definition) is 1. The predicted octanol–water partition coefficient (Wildman–Crippen LogP) is 10.7. The zero-order valence-electron chi connectivity index (χ0n) is 24.7.